The molecule has 1 aromatic rings. The number of carboxylic acids is 1. The summed E-state index contributed by atoms with van der Waals surface area (Å²) < 4.78 is 65.0. The van der Waals surface area contributed by atoms with Crippen molar-refractivity contribution in [1.82, 2.24) is 4.90 Å². The molecule has 25 heavy (non-hydrogen) atoms. The number of nitrogens with zero attached hydrogens (tertiary/aromatic N) is 1. The van der Waals surface area contributed by atoms with Crippen molar-refractivity contribution in [3.63, 3.8) is 0 Å². The van der Waals surface area contributed by atoms with Crippen LogP contribution in [0.2, 0.25) is 0 Å². The van der Waals surface area contributed by atoms with Crippen molar-refractivity contribution in [3.8, 4) is 0 Å². The van der Waals surface area contributed by atoms with Gasteiger partial charge in [0, 0.05) is 19.5 Å². The van der Waals surface area contributed by atoms with Gasteiger partial charge in [-0.1, -0.05) is 19.9 Å². The maximum atomic E-state index is 13.3. The quantitative estimate of drug-likeness (QED) is 0.747. The molecular weight excluding hydrogens is 349 g/mol. The number of carbonyl (C=O) groups is 2. The van der Waals surface area contributed by atoms with E-state index < -0.39 is 47.9 Å². The second-order valence-electron chi connectivity index (χ2n) is 6.27. The van der Waals surface area contributed by atoms with Crippen LogP contribution < -0.4 is 0 Å². The van der Waals surface area contributed by atoms with Crippen LogP contribution in [0.25, 0.3) is 0 Å². The van der Waals surface area contributed by atoms with Crippen molar-refractivity contribution < 1.29 is 36.6 Å². The lowest BCUT2D eigenvalue weighted by Crippen LogP contribution is -2.40. The van der Waals surface area contributed by atoms with Crippen LogP contribution >= 0.6 is 0 Å². The van der Waals surface area contributed by atoms with E-state index >= 15 is 0 Å². The molecule has 140 valence electrons. The molecule has 1 rings (SSSR count). The van der Waals surface area contributed by atoms with Gasteiger partial charge in [0.25, 0.3) is 0 Å². The number of rotatable bonds is 7. The third-order valence-corrected chi connectivity index (χ3v) is 3.67. The lowest BCUT2D eigenvalue weighted by Gasteiger charge is -2.30. The zero-order chi connectivity index (χ0) is 19.4. The van der Waals surface area contributed by atoms with Gasteiger partial charge in [-0.05, 0) is 17.7 Å². The summed E-state index contributed by atoms with van der Waals surface area (Å²) in [6.07, 6.45) is -6.00. The molecule has 0 aliphatic carbocycles. The van der Waals surface area contributed by atoms with Gasteiger partial charge >= 0.3 is 12.1 Å². The Balaban J connectivity index is 2.96. The molecule has 0 heterocycles. The van der Waals surface area contributed by atoms with Crippen LogP contribution in [0.3, 0.4) is 0 Å². The largest absolute Gasteiger partial charge is 0.481 e. The molecule has 4 nitrogen and oxygen atoms in total. The predicted octanol–water partition coefficient (Wildman–Crippen LogP) is 3.75. The van der Waals surface area contributed by atoms with Gasteiger partial charge in [-0.3, -0.25) is 9.59 Å². The molecule has 1 amide bonds. The SMILES string of the molecule is CC(C)(CC(=O)N(CCC(=O)O)Cc1ccc(F)c(F)c1)C(F)(F)F. The maximum Gasteiger partial charge on any atom is 0.394 e. The van der Waals surface area contributed by atoms with E-state index in [1.165, 1.54) is 6.07 Å². The van der Waals surface area contributed by atoms with Crippen molar-refractivity contribution in [1.29, 1.82) is 0 Å². The van der Waals surface area contributed by atoms with Crippen LogP contribution in [-0.2, 0) is 16.1 Å². The maximum absolute atomic E-state index is 13.3. The molecule has 0 fully saturated rings. The van der Waals surface area contributed by atoms with E-state index in [0.717, 1.165) is 30.9 Å². The minimum atomic E-state index is -4.62. The lowest BCUT2D eigenvalue weighted by molar-refractivity contribution is -0.215. The fraction of sp³-hybridized carbons (Fsp3) is 0.500. The average molecular weight is 367 g/mol. The number of benzene rings is 1. The Hall–Kier alpha value is -2.19. The molecule has 1 aromatic carbocycles. The Morgan fingerprint density at radius 1 is 1.12 bits per heavy atom. The summed E-state index contributed by atoms with van der Waals surface area (Å²) in [5.74, 6) is -4.43. The number of amides is 1. The summed E-state index contributed by atoms with van der Waals surface area (Å²) in [7, 11) is 0. The van der Waals surface area contributed by atoms with Gasteiger partial charge in [0.15, 0.2) is 11.6 Å². The molecule has 1 N–H and O–H groups in total. The molecule has 0 radical (unpaired) electrons. The van der Waals surface area contributed by atoms with E-state index in [-0.39, 0.29) is 18.7 Å². The normalized spacial score (nSPS) is 12.1. The van der Waals surface area contributed by atoms with E-state index in [9.17, 15) is 31.5 Å². The standard InChI is InChI=1S/C16H18F5NO3/c1-15(2,16(19,20)21)8-13(23)22(6-5-14(24)25)9-10-3-4-11(17)12(18)7-10/h3-4,7H,5-6,8-9H2,1-2H3,(H,24,25). The number of carboxylic acid groups (broad SMARTS) is 1. The third-order valence-electron chi connectivity index (χ3n) is 3.67. The number of hydrogen-bond donors (Lipinski definition) is 1. The van der Waals surface area contributed by atoms with Crippen LogP contribution in [0, 0.1) is 17.0 Å². The molecule has 0 aliphatic rings. The van der Waals surface area contributed by atoms with E-state index in [2.05, 4.69) is 0 Å². The number of carbonyl (C=O) groups excluding carboxylic acids is 1. The monoisotopic (exact) mass is 367 g/mol. The number of aliphatic carboxylic acids is 1. The van der Waals surface area contributed by atoms with Crippen LogP contribution in [0.15, 0.2) is 18.2 Å². The first-order valence-electron chi connectivity index (χ1n) is 7.34. The molecule has 0 aromatic heterocycles. The van der Waals surface area contributed by atoms with Crippen LogP contribution in [0.5, 0.6) is 0 Å². The lowest BCUT2D eigenvalue weighted by atomic mass is 9.88. The minimum Gasteiger partial charge on any atom is -0.481 e. The first-order valence-corrected chi connectivity index (χ1v) is 7.34. The zero-order valence-electron chi connectivity index (χ0n) is 13.7. The Bertz CT molecular complexity index is 643. The number of hydrogen-bond acceptors (Lipinski definition) is 2. The summed E-state index contributed by atoms with van der Waals surface area (Å²) in [4.78, 5) is 23.8. The summed E-state index contributed by atoms with van der Waals surface area (Å²) in [6, 6.07) is 2.81. The highest BCUT2D eigenvalue weighted by Crippen LogP contribution is 2.40. The summed E-state index contributed by atoms with van der Waals surface area (Å²) in [6.45, 7) is 1.05. The Morgan fingerprint density at radius 2 is 1.72 bits per heavy atom. The summed E-state index contributed by atoms with van der Waals surface area (Å²) >= 11 is 0. The number of halogens is 5. The van der Waals surface area contributed by atoms with Crippen LogP contribution in [-0.4, -0.2) is 34.6 Å². The molecule has 9 heteroatoms. The van der Waals surface area contributed by atoms with Gasteiger partial charge in [0.2, 0.25) is 5.91 Å². The average Bonchev–Trinajstić information content (AvgIpc) is 2.45. The molecule has 0 atom stereocenters. The molecule has 0 aliphatic heterocycles. The zero-order valence-corrected chi connectivity index (χ0v) is 13.7. The second kappa shape index (κ2) is 7.79. The van der Waals surface area contributed by atoms with Crippen molar-refractivity contribution in [2.45, 2.75) is 39.4 Å². The fourth-order valence-corrected chi connectivity index (χ4v) is 1.97. The van der Waals surface area contributed by atoms with Crippen molar-refractivity contribution in [3.05, 3.63) is 35.4 Å². The first-order chi connectivity index (χ1) is 11.3. The topological polar surface area (TPSA) is 57.6 Å². The minimum absolute atomic E-state index is 0.141. The van der Waals surface area contributed by atoms with Crippen molar-refractivity contribution in [2.24, 2.45) is 5.41 Å². The van der Waals surface area contributed by atoms with Gasteiger partial charge in [0.05, 0.1) is 11.8 Å². The summed E-state index contributed by atoms with van der Waals surface area (Å²) in [5.41, 5.74) is -2.16. The van der Waals surface area contributed by atoms with Gasteiger partial charge in [-0.2, -0.15) is 13.2 Å². The number of alkyl halides is 3. The van der Waals surface area contributed by atoms with Crippen molar-refractivity contribution >= 4 is 11.9 Å². The van der Waals surface area contributed by atoms with Gasteiger partial charge in [-0.25, -0.2) is 8.78 Å². The molecule has 0 bridgehead atoms. The molecule has 0 spiro atoms. The Kier molecular flexibility index (Phi) is 6.50. The van der Waals surface area contributed by atoms with Crippen LogP contribution in [0.1, 0.15) is 32.3 Å². The third kappa shape index (κ3) is 5.99. The molecular formula is C16H18F5NO3. The highest BCUT2D eigenvalue weighted by Gasteiger charge is 2.48. The summed E-state index contributed by atoms with van der Waals surface area (Å²) in [5, 5.41) is 8.73. The highest BCUT2D eigenvalue weighted by atomic mass is 19.4. The first kappa shape index (κ1) is 20.9. The predicted molar refractivity (Wildman–Crippen MR) is 78.5 cm³/mol. The van der Waals surface area contributed by atoms with E-state index in [0.29, 0.717) is 0 Å². The van der Waals surface area contributed by atoms with Crippen LogP contribution in [0.4, 0.5) is 22.0 Å². The van der Waals surface area contributed by atoms with E-state index in [4.69, 9.17) is 5.11 Å². The highest BCUT2D eigenvalue weighted by molar-refractivity contribution is 5.77. The molecule has 0 unspecified atom stereocenters. The molecule has 0 saturated carbocycles. The van der Waals surface area contributed by atoms with Gasteiger partial charge in [0.1, 0.15) is 0 Å². The Morgan fingerprint density at radius 3 is 2.20 bits per heavy atom. The van der Waals surface area contributed by atoms with E-state index in [1.54, 1.807) is 0 Å². The Labute approximate surface area is 141 Å². The van der Waals surface area contributed by atoms with Crippen molar-refractivity contribution in [2.75, 3.05) is 6.54 Å². The smallest absolute Gasteiger partial charge is 0.394 e. The van der Waals surface area contributed by atoms with Gasteiger partial charge in [-0.15, -0.1) is 0 Å². The van der Waals surface area contributed by atoms with E-state index in [1.807, 2.05) is 0 Å². The molecule has 0 saturated heterocycles. The fourth-order valence-electron chi connectivity index (χ4n) is 1.97. The van der Waals surface area contributed by atoms with Gasteiger partial charge < -0.3 is 10.0 Å². The second-order valence-corrected chi connectivity index (χ2v) is 6.27.